The normalized spacial score (nSPS) is 15.3. The van der Waals surface area contributed by atoms with Crippen molar-refractivity contribution in [2.75, 3.05) is 13.1 Å². The molecule has 1 amide bonds. The van der Waals surface area contributed by atoms with Gasteiger partial charge in [0.1, 0.15) is 0 Å². The Kier molecular flexibility index (Phi) is 5.08. The van der Waals surface area contributed by atoms with Crippen LogP contribution in [0.4, 0.5) is 0 Å². The van der Waals surface area contributed by atoms with E-state index >= 15 is 0 Å². The van der Waals surface area contributed by atoms with E-state index < -0.39 is 0 Å². The number of benzene rings is 1. The molecule has 1 aromatic heterocycles. The predicted octanol–water partition coefficient (Wildman–Crippen LogP) is 2.05. The van der Waals surface area contributed by atoms with Gasteiger partial charge in [0.25, 0.3) is 0 Å². The summed E-state index contributed by atoms with van der Waals surface area (Å²) in [6.45, 7) is 3.92. The van der Waals surface area contributed by atoms with Crippen LogP contribution >= 0.6 is 0 Å². The fraction of sp³-hybridized carbons (Fsp3) is 0.444. The van der Waals surface area contributed by atoms with Crippen LogP contribution in [-0.2, 0) is 11.3 Å². The minimum absolute atomic E-state index is 0.0583. The fourth-order valence-electron chi connectivity index (χ4n) is 2.73. The number of amides is 1. The largest absolute Gasteiger partial charge is 0.348 e. The van der Waals surface area contributed by atoms with Gasteiger partial charge in [-0.3, -0.25) is 9.48 Å². The molecule has 5 heteroatoms. The van der Waals surface area contributed by atoms with Gasteiger partial charge in [-0.2, -0.15) is 5.10 Å². The lowest BCUT2D eigenvalue weighted by molar-refractivity contribution is -0.121. The maximum absolute atomic E-state index is 12.2. The zero-order chi connectivity index (χ0) is 16.1. The average Bonchev–Trinajstić information content (AvgIpc) is 3.26. The van der Waals surface area contributed by atoms with Crippen molar-refractivity contribution >= 4 is 5.91 Å². The van der Waals surface area contributed by atoms with E-state index in [0.29, 0.717) is 12.5 Å². The Morgan fingerprint density at radius 3 is 2.78 bits per heavy atom. The number of aromatic nitrogens is 2. The van der Waals surface area contributed by atoms with Gasteiger partial charge in [0.2, 0.25) is 5.91 Å². The summed E-state index contributed by atoms with van der Waals surface area (Å²) < 4.78 is 1.85. The third-order valence-electron chi connectivity index (χ3n) is 4.21. The van der Waals surface area contributed by atoms with Gasteiger partial charge in [0, 0.05) is 18.9 Å². The van der Waals surface area contributed by atoms with Gasteiger partial charge in [0.15, 0.2) is 0 Å². The van der Waals surface area contributed by atoms with Crippen molar-refractivity contribution in [3.63, 3.8) is 0 Å². The van der Waals surface area contributed by atoms with Crippen LogP contribution in [-0.4, -0.2) is 28.8 Å². The molecule has 1 aromatic carbocycles. The summed E-state index contributed by atoms with van der Waals surface area (Å²) in [6, 6.07) is 10.5. The molecular formula is C18H24N4O. The quantitative estimate of drug-likeness (QED) is 0.734. The molecule has 2 aromatic rings. The predicted molar refractivity (Wildman–Crippen MR) is 89.9 cm³/mol. The van der Waals surface area contributed by atoms with Crippen molar-refractivity contribution in [2.24, 2.45) is 5.92 Å². The van der Waals surface area contributed by atoms with E-state index in [1.54, 1.807) is 6.20 Å². The Balaban J connectivity index is 1.46. The standard InChI is InChI=1S/C18H24N4O/c1-14-3-5-15(6-4-14)18(16-7-8-16)21-17(23)13-19-10-12-22-11-2-9-20-22/h2-6,9,11,16,18-19H,7-8,10,12-13H2,1H3,(H,21,23)/t18-/m0/s1. The lowest BCUT2D eigenvalue weighted by atomic mass is 10.0. The van der Waals surface area contributed by atoms with Crippen molar-refractivity contribution in [2.45, 2.75) is 32.4 Å². The molecule has 3 rings (SSSR count). The number of nitrogens with zero attached hydrogens (tertiary/aromatic N) is 2. The Labute approximate surface area is 137 Å². The summed E-state index contributed by atoms with van der Waals surface area (Å²) in [5, 5.41) is 10.5. The van der Waals surface area contributed by atoms with E-state index in [-0.39, 0.29) is 11.9 Å². The van der Waals surface area contributed by atoms with Crippen molar-refractivity contribution in [3.05, 3.63) is 53.9 Å². The van der Waals surface area contributed by atoms with Crippen LogP contribution in [0.1, 0.15) is 30.0 Å². The molecule has 1 aliphatic carbocycles. The van der Waals surface area contributed by atoms with Crippen LogP contribution in [0.3, 0.4) is 0 Å². The molecule has 1 fully saturated rings. The Hall–Kier alpha value is -2.14. The third-order valence-corrected chi connectivity index (χ3v) is 4.21. The highest BCUT2D eigenvalue weighted by Gasteiger charge is 2.33. The number of hydrogen-bond donors (Lipinski definition) is 2. The minimum atomic E-state index is 0.0583. The molecule has 0 unspecified atom stereocenters. The van der Waals surface area contributed by atoms with Gasteiger partial charge >= 0.3 is 0 Å². The summed E-state index contributed by atoms with van der Waals surface area (Å²) in [5.41, 5.74) is 2.46. The number of aryl methyl sites for hydroxylation is 1. The van der Waals surface area contributed by atoms with Gasteiger partial charge in [-0.1, -0.05) is 29.8 Å². The summed E-state index contributed by atoms with van der Waals surface area (Å²) in [7, 11) is 0. The second-order valence-electron chi connectivity index (χ2n) is 6.24. The lowest BCUT2D eigenvalue weighted by Gasteiger charge is -2.19. The van der Waals surface area contributed by atoms with E-state index in [1.165, 1.54) is 24.0 Å². The van der Waals surface area contributed by atoms with Crippen LogP contribution in [0.5, 0.6) is 0 Å². The van der Waals surface area contributed by atoms with E-state index in [2.05, 4.69) is 46.9 Å². The lowest BCUT2D eigenvalue weighted by Crippen LogP contribution is -2.38. The molecule has 0 saturated heterocycles. The summed E-state index contributed by atoms with van der Waals surface area (Å²) in [6.07, 6.45) is 6.08. The Morgan fingerprint density at radius 1 is 1.35 bits per heavy atom. The van der Waals surface area contributed by atoms with Crippen LogP contribution in [0, 0.1) is 12.8 Å². The zero-order valence-corrected chi connectivity index (χ0v) is 13.5. The monoisotopic (exact) mass is 312 g/mol. The van der Waals surface area contributed by atoms with Crippen LogP contribution in [0.2, 0.25) is 0 Å². The van der Waals surface area contributed by atoms with E-state index in [0.717, 1.165) is 13.1 Å². The number of hydrogen-bond acceptors (Lipinski definition) is 3. The first-order valence-electron chi connectivity index (χ1n) is 8.26. The maximum atomic E-state index is 12.2. The van der Waals surface area contributed by atoms with Crippen molar-refractivity contribution in [1.82, 2.24) is 20.4 Å². The van der Waals surface area contributed by atoms with E-state index in [1.807, 2.05) is 16.9 Å². The fourth-order valence-corrected chi connectivity index (χ4v) is 2.73. The first-order valence-corrected chi connectivity index (χ1v) is 8.26. The number of nitrogens with one attached hydrogen (secondary N) is 2. The number of rotatable bonds is 8. The molecule has 23 heavy (non-hydrogen) atoms. The molecule has 0 aliphatic heterocycles. The Bertz CT molecular complexity index is 617. The molecule has 1 saturated carbocycles. The van der Waals surface area contributed by atoms with Crippen molar-refractivity contribution in [1.29, 1.82) is 0 Å². The SMILES string of the molecule is Cc1ccc([C@H](NC(=O)CNCCn2cccn2)C2CC2)cc1. The van der Waals surface area contributed by atoms with Crippen molar-refractivity contribution < 1.29 is 4.79 Å². The van der Waals surface area contributed by atoms with Crippen LogP contribution in [0.15, 0.2) is 42.7 Å². The van der Waals surface area contributed by atoms with Gasteiger partial charge in [0.05, 0.1) is 19.1 Å². The highest BCUT2D eigenvalue weighted by molar-refractivity contribution is 5.78. The molecule has 122 valence electrons. The molecule has 0 radical (unpaired) electrons. The molecular weight excluding hydrogens is 288 g/mol. The summed E-state index contributed by atoms with van der Waals surface area (Å²) in [5.74, 6) is 0.647. The number of carbonyl (C=O) groups is 1. The summed E-state index contributed by atoms with van der Waals surface area (Å²) >= 11 is 0. The van der Waals surface area contributed by atoms with Gasteiger partial charge in [-0.15, -0.1) is 0 Å². The molecule has 0 spiro atoms. The summed E-state index contributed by atoms with van der Waals surface area (Å²) in [4.78, 5) is 12.2. The number of carbonyl (C=O) groups excluding carboxylic acids is 1. The molecule has 1 heterocycles. The van der Waals surface area contributed by atoms with Crippen LogP contribution < -0.4 is 10.6 Å². The molecule has 1 atom stereocenters. The maximum Gasteiger partial charge on any atom is 0.234 e. The van der Waals surface area contributed by atoms with Crippen LogP contribution in [0.25, 0.3) is 0 Å². The van der Waals surface area contributed by atoms with Gasteiger partial charge in [-0.25, -0.2) is 0 Å². The second kappa shape index (κ2) is 7.42. The molecule has 0 bridgehead atoms. The molecule has 1 aliphatic rings. The first kappa shape index (κ1) is 15.7. The minimum Gasteiger partial charge on any atom is -0.348 e. The smallest absolute Gasteiger partial charge is 0.234 e. The molecule has 2 N–H and O–H groups in total. The third kappa shape index (κ3) is 4.66. The highest BCUT2D eigenvalue weighted by atomic mass is 16.2. The average molecular weight is 312 g/mol. The first-order chi connectivity index (χ1) is 11.2. The zero-order valence-electron chi connectivity index (χ0n) is 13.5. The second-order valence-corrected chi connectivity index (χ2v) is 6.24. The van der Waals surface area contributed by atoms with E-state index in [9.17, 15) is 4.79 Å². The van der Waals surface area contributed by atoms with Gasteiger partial charge in [-0.05, 0) is 37.3 Å². The van der Waals surface area contributed by atoms with E-state index in [4.69, 9.17) is 0 Å². The topological polar surface area (TPSA) is 59.0 Å². The van der Waals surface area contributed by atoms with Crippen molar-refractivity contribution in [3.8, 4) is 0 Å². The molecule has 5 nitrogen and oxygen atoms in total. The van der Waals surface area contributed by atoms with Gasteiger partial charge < -0.3 is 10.6 Å². The Morgan fingerprint density at radius 2 is 2.13 bits per heavy atom. The highest BCUT2D eigenvalue weighted by Crippen LogP contribution is 2.40.